The van der Waals surface area contributed by atoms with Gasteiger partial charge in [-0.15, -0.1) is 0 Å². The van der Waals surface area contributed by atoms with Crippen molar-refractivity contribution >= 4 is 6.09 Å². The molecule has 4 nitrogen and oxygen atoms in total. The lowest BCUT2D eigenvalue weighted by molar-refractivity contribution is 0.124. The third kappa shape index (κ3) is 2.36. The van der Waals surface area contributed by atoms with Gasteiger partial charge in [-0.05, 0) is 18.9 Å². The van der Waals surface area contributed by atoms with E-state index in [-0.39, 0.29) is 31.5 Å². The summed E-state index contributed by atoms with van der Waals surface area (Å²) in [5, 5.41) is 18.2. The normalized spacial score (nSPS) is 17.8. The van der Waals surface area contributed by atoms with E-state index in [0.717, 1.165) is 12.1 Å². The Morgan fingerprint density at radius 3 is 2.47 bits per heavy atom. The van der Waals surface area contributed by atoms with Gasteiger partial charge in [-0.25, -0.2) is 13.6 Å². The van der Waals surface area contributed by atoms with Crippen LogP contribution in [0.2, 0.25) is 0 Å². The maximum atomic E-state index is 13.8. The standard InChI is InChI=1S/C13H12F2N2O2/c14-9-1-2-10(11(15)7-9)13(8-16)3-5-17(6-4-13)12(18)19/h1-2,7H,3-6H2,(H,18,19). The molecule has 6 heteroatoms. The Kier molecular flexibility index (Phi) is 3.38. The molecule has 0 atom stereocenters. The van der Waals surface area contributed by atoms with Crippen LogP contribution in [0, 0.1) is 23.0 Å². The van der Waals surface area contributed by atoms with Gasteiger partial charge in [0.2, 0.25) is 0 Å². The second-order valence-corrected chi connectivity index (χ2v) is 4.59. The van der Waals surface area contributed by atoms with E-state index in [1.807, 2.05) is 0 Å². The molecular weight excluding hydrogens is 254 g/mol. The number of nitrogens with zero attached hydrogens (tertiary/aromatic N) is 2. The number of likely N-dealkylation sites (tertiary alicyclic amines) is 1. The zero-order chi connectivity index (χ0) is 14.0. The van der Waals surface area contributed by atoms with Gasteiger partial charge in [0, 0.05) is 24.7 Å². The lowest BCUT2D eigenvalue weighted by Gasteiger charge is -2.36. The van der Waals surface area contributed by atoms with Gasteiger partial charge in [-0.2, -0.15) is 5.26 Å². The van der Waals surface area contributed by atoms with E-state index in [1.165, 1.54) is 11.0 Å². The van der Waals surface area contributed by atoms with Crippen molar-refractivity contribution in [3.8, 4) is 6.07 Å². The van der Waals surface area contributed by atoms with Gasteiger partial charge in [0.1, 0.15) is 11.6 Å². The van der Waals surface area contributed by atoms with Crippen molar-refractivity contribution in [3.05, 3.63) is 35.4 Å². The number of piperidine rings is 1. The van der Waals surface area contributed by atoms with Crippen molar-refractivity contribution in [1.82, 2.24) is 4.90 Å². The predicted octanol–water partition coefficient (Wildman–Crippen LogP) is 2.50. The fourth-order valence-electron chi connectivity index (χ4n) is 2.40. The van der Waals surface area contributed by atoms with Gasteiger partial charge in [0.05, 0.1) is 11.5 Å². The van der Waals surface area contributed by atoms with Crippen molar-refractivity contribution in [3.63, 3.8) is 0 Å². The van der Waals surface area contributed by atoms with Crippen LogP contribution < -0.4 is 0 Å². The minimum atomic E-state index is -1.08. The molecule has 0 aromatic heterocycles. The average Bonchev–Trinajstić information content (AvgIpc) is 2.38. The van der Waals surface area contributed by atoms with Crippen LogP contribution in [0.4, 0.5) is 13.6 Å². The molecule has 1 heterocycles. The van der Waals surface area contributed by atoms with E-state index in [2.05, 4.69) is 6.07 Å². The topological polar surface area (TPSA) is 64.3 Å². The molecule has 1 N–H and O–H groups in total. The number of hydrogen-bond acceptors (Lipinski definition) is 2. The van der Waals surface area contributed by atoms with Crippen LogP contribution in [0.1, 0.15) is 18.4 Å². The Hall–Kier alpha value is -2.16. The monoisotopic (exact) mass is 266 g/mol. The van der Waals surface area contributed by atoms with Crippen molar-refractivity contribution < 1.29 is 18.7 Å². The number of halogens is 2. The highest BCUT2D eigenvalue weighted by Crippen LogP contribution is 2.36. The smallest absolute Gasteiger partial charge is 0.407 e. The first kappa shape index (κ1) is 13.3. The molecule has 1 amide bonds. The molecule has 1 aliphatic rings. The van der Waals surface area contributed by atoms with Gasteiger partial charge in [-0.1, -0.05) is 6.07 Å². The molecule has 1 fully saturated rings. The highest BCUT2D eigenvalue weighted by atomic mass is 19.1. The molecule has 1 saturated heterocycles. The third-order valence-electron chi connectivity index (χ3n) is 3.55. The van der Waals surface area contributed by atoms with Crippen LogP contribution in [-0.2, 0) is 5.41 Å². The van der Waals surface area contributed by atoms with Crippen molar-refractivity contribution in [2.24, 2.45) is 0 Å². The molecular formula is C13H12F2N2O2. The maximum Gasteiger partial charge on any atom is 0.407 e. The summed E-state index contributed by atoms with van der Waals surface area (Å²) in [7, 11) is 0. The maximum absolute atomic E-state index is 13.8. The lowest BCUT2D eigenvalue weighted by Crippen LogP contribution is -2.44. The fraction of sp³-hybridized carbons (Fsp3) is 0.385. The minimum absolute atomic E-state index is 0.140. The largest absolute Gasteiger partial charge is 0.465 e. The van der Waals surface area contributed by atoms with Crippen molar-refractivity contribution in [1.29, 1.82) is 5.26 Å². The number of nitriles is 1. The van der Waals surface area contributed by atoms with Gasteiger partial charge in [0.25, 0.3) is 0 Å². The first-order valence-electron chi connectivity index (χ1n) is 5.83. The SMILES string of the molecule is N#CC1(c2ccc(F)cc2F)CCN(C(=O)O)CC1. The van der Waals surface area contributed by atoms with Crippen LogP contribution >= 0.6 is 0 Å². The summed E-state index contributed by atoms with van der Waals surface area (Å²) in [6.45, 7) is 0.333. The molecule has 1 aliphatic heterocycles. The van der Waals surface area contributed by atoms with Gasteiger partial charge in [-0.3, -0.25) is 0 Å². The number of amides is 1. The summed E-state index contributed by atoms with van der Waals surface area (Å²) in [5.41, 5.74) is -0.939. The average molecular weight is 266 g/mol. The van der Waals surface area contributed by atoms with Crippen LogP contribution in [0.3, 0.4) is 0 Å². The van der Waals surface area contributed by atoms with Gasteiger partial charge < -0.3 is 10.0 Å². The van der Waals surface area contributed by atoms with E-state index in [0.29, 0.717) is 0 Å². The van der Waals surface area contributed by atoms with E-state index in [1.54, 1.807) is 0 Å². The highest BCUT2D eigenvalue weighted by molar-refractivity contribution is 5.65. The Morgan fingerprint density at radius 2 is 2.00 bits per heavy atom. The summed E-state index contributed by atoms with van der Waals surface area (Å²) < 4.78 is 26.7. The molecule has 0 saturated carbocycles. The summed E-state index contributed by atoms with van der Waals surface area (Å²) in [6, 6.07) is 5.20. The first-order valence-corrected chi connectivity index (χ1v) is 5.83. The molecule has 1 aromatic rings. The number of carbonyl (C=O) groups is 1. The Balaban J connectivity index is 2.31. The van der Waals surface area contributed by atoms with E-state index in [4.69, 9.17) is 5.11 Å². The van der Waals surface area contributed by atoms with Crippen molar-refractivity contribution in [2.45, 2.75) is 18.3 Å². The number of carboxylic acid groups (broad SMARTS) is 1. The summed E-state index contributed by atoms with van der Waals surface area (Å²) in [5.74, 6) is -1.46. The fourth-order valence-corrected chi connectivity index (χ4v) is 2.40. The van der Waals surface area contributed by atoms with Crippen LogP contribution in [-0.4, -0.2) is 29.2 Å². The molecule has 0 radical (unpaired) electrons. The van der Waals surface area contributed by atoms with Crippen LogP contribution in [0.25, 0.3) is 0 Å². The quantitative estimate of drug-likeness (QED) is 0.849. The Morgan fingerprint density at radius 1 is 1.37 bits per heavy atom. The van der Waals surface area contributed by atoms with E-state index < -0.39 is 23.1 Å². The molecule has 0 spiro atoms. The second kappa shape index (κ2) is 4.84. The Bertz CT molecular complexity index is 546. The van der Waals surface area contributed by atoms with Crippen LogP contribution in [0.5, 0.6) is 0 Å². The zero-order valence-corrected chi connectivity index (χ0v) is 10.1. The third-order valence-corrected chi connectivity index (χ3v) is 3.55. The highest BCUT2D eigenvalue weighted by Gasteiger charge is 2.39. The van der Waals surface area contributed by atoms with E-state index in [9.17, 15) is 18.8 Å². The van der Waals surface area contributed by atoms with Gasteiger partial charge in [0.15, 0.2) is 0 Å². The summed E-state index contributed by atoms with van der Waals surface area (Å²) >= 11 is 0. The van der Waals surface area contributed by atoms with E-state index >= 15 is 0 Å². The van der Waals surface area contributed by atoms with Crippen molar-refractivity contribution in [2.75, 3.05) is 13.1 Å². The predicted molar refractivity (Wildman–Crippen MR) is 62.5 cm³/mol. The molecule has 0 aliphatic carbocycles. The number of rotatable bonds is 1. The molecule has 100 valence electrons. The molecule has 19 heavy (non-hydrogen) atoms. The van der Waals surface area contributed by atoms with Gasteiger partial charge >= 0.3 is 6.09 Å². The number of hydrogen-bond donors (Lipinski definition) is 1. The Labute approximate surface area is 108 Å². The zero-order valence-electron chi connectivity index (χ0n) is 10.1. The molecule has 0 unspecified atom stereocenters. The lowest BCUT2D eigenvalue weighted by atomic mass is 9.74. The van der Waals surface area contributed by atoms with Crippen LogP contribution in [0.15, 0.2) is 18.2 Å². The second-order valence-electron chi connectivity index (χ2n) is 4.59. The summed E-state index contributed by atoms with van der Waals surface area (Å²) in [6.07, 6.45) is -0.636. The molecule has 1 aromatic carbocycles. The molecule has 2 rings (SSSR count). The first-order chi connectivity index (χ1) is 8.98. The minimum Gasteiger partial charge on any atom is -0.465 e. The molecule has 0 bridgehead atoms. The summed E-state index contributed by atoms with van der Waals surface area (Å²) in [4.78, 5) is 12.0. The number of benzene rings is 1.